The lowest BCUT2D eigenvalue weighted by molar-refractivity contribution is 0.261. The van der Waals surface area contributed by atoms with Crippen LogP contribution >= 0.6 is 27.5 Å². The monoisotopic (exact) mass is 367 g/mol. The van der Waals surface area contributed by atoms with Gasteiger partial charge in [-0.3, -0.25) is 4.98 Å². The molecular weight excluding hydrogens is 354 g/mol. The van der Waals surface area contributed by atoms with Crippen molar-refractivity contribution < 1.29 is 4.74 Å². The maximum absolute atomic E-state index is 6.26. The molecule has 0 N–H and O–H groups in total. The van der Waals surface area contributed by atoms with Crippen molar-refractivity contribution in [1.29, 1.82) is 0 Å². The number of ether oxygens (including phenoxy) is 1. The van der Waals surface area contributed by atoms with Crippen molar-refractivity contribution in [3.63, 3.8) is 0 Å². The number of hydrogen-bond acceptors (Lipinski definition) is 4. The second kappa shape index (κ2) is 6.62. The summed E-state index contributed by atoms with van der Waals surface area (Å²) in [6.07, 6.45) is 6.34. The van der Waals surface area contributed by atoms with Crippen molar-refractivity contribution in [2.24, 2.45) is 5.92 Å². The molecule has 1 fully saturated rings. The first-order valence-corrected chi connectivity index (χ1v) is 7.98. The largest absolute Gasteiger partial charge is 0.493 e. The van der Waals surface area contributed by atoms with E-state index < -0.39 is 0 Å². The number of halogens is 2. The van der Waals surface area contributed by atoms with E-state index in [0.717, 1.165) is 35.6 Å². The van der Waals surface area contributed by atoms with E-state index in [4.69, 9.17) is 16.3 Å². The minimum Gasteiger partial charge on any atom is -0.493 e. The molecule has 3 heterocycles. The van der Waals surface area contributed by atoms with Gasteiger partial charge in [0.05, 0.1) is 11.6 Å². The summed E-state index contributed by atoms with van der Waals surface area (Å²) in [6.45, 7) is 2.58. The number of rotatable bonds is 4. The van der Waals surface area contributed by atoms with E-state index in [1.165, 1.54) is 0 Å². The zero-order valence-corrected chi connectivity index (χ0v) is 13.7. The average molecular weight is 369 g/mol. The van der Waals surface area contributed by atoms with Gasteiger partial charge in [-0.25, -0.2) is 4.98 Å². The first-order chi connectivity index (χ1) is 10.2. The minimum atomic E-state index is 0.486. The topological polar surface area (TPSA) is 38.2 Å². The van der Waals surface area contributed by atoms with Crippen LogP contribution in [0.25, 0.3) is 0 Å². The molecule has 1 aliphatic rings. The number of nitrogens with zero attached hydrogens (tertiary/aromatic N) is 3. The highest BCUT2D eigenvalue weighted by atomic mass is 79.9. The molecule has 1 aliphatic heterocycles. The molecule has 0 spiro atoms. The van der Waals surface area contributed by atoms with Crippen LogP contribution in [0.15, 0.2) is 41.3 Å². The van der Waals surface area contributed by atoms with Crippen LogP contribution in [0.5, 0.6) is 5.75 Å². The van der Waals surface area contributed by atoms with Crippen LogP contribution < -0.4 is 9.64 Å². The predicted octanol–water partition coefficient (Wildman–Crippen LogP) is 3.80. The molecule has 0 saturated carbocycles. The van der Waals surface area contributed by atoms with Crippen LogP contribution in [0.2, 0.25) is 5.02 Å². The van der Waals surface area contributed by atoms with Crippen molar-refractivity contribution in [2.75, 3.05) is 24.6 Å². The molecule has 0 amide bonds. The molecule has 0 bridgehead atoms. The Bertz CT molecular complexity index is 611. The highest BCUT2D eigenvalue weighted by molar-refractivity contribution is 9.10. The summed E-state index contributed by atoms with van der Waals surface area (Å²) in [5.74, 6) is 2.20. The van der Waals surface area contributed by atoms with Gasteiger partial charge < -0.3 is 9.64 Å². The fourth-order valence-electron chi connectivity index (χ4n) is 2.45. The Morgan fingerprint density at radius 3 is 2.95 bits per heavy atom. The zero-order valence-electron chi connectivity index (χ0n) is 11.4. The first-order valence-electron chi connectivity index (χ1n) is 6.81. The maximum atomic E-state index is 6.26. The van der Waals surface area contributed by atoms with E-state index in [1.807, 2.05) is 18.2 Å². The molecular formula is C15H15BrClN3O. The van der Waals surface area contributed by atoms with Gasteiger partial charge in [0.15, 0.2) is 0 Å². The number of pyridine rings is 2. The van der Waals surface area contributed by atoms with Crippen LogP contribution in [0, 0.1) is 5.92 Å². The SMILES string of the molecule is Clc1cc(Br)cnc1N1CCC(COc2ccncc2)C1. The van der Waals surface area contributed by atoms with Crippen molar-refractivity contribution in [2.45, 2.75) is 6.42 Å². The van der Waals surface area contributed by atoms with Gasteiger partial charge in [-0.05, 0) is 40.5 Å². The van der Waals surface area contributed by atoms with Crippen LogP contribution in [0.3, 0.4) is 0 Å². The Morgan fingerprint density at radius 1 is 1.38 bits per heavy atom. The van der Waals surface area contributed by atoms with Crippen LogP contribution in [0.1, 0.15) is 6.42 Å². The molecule has 0 aliphatic carbocycles. The molecule has 1 saturated heterocycles. The molecule has 3 rings (SSSR count). The predicted molar refractivity (Wildman–Crippen MR) is 87.0 cm³/mol. The summed E-state index contributed by atoms with van der Waals surface area (Å²) in [5.41, 5.74) is 0. The summed E-state index contributed by atoms with van der Waals surface area (Å²) in [7, 11) is 0. The van der Waals surface area contributed by atoms with E-state index >= 15 is 0 Å². The Morgan fingerprint density at radius 2 is 2.19 bits per heavy atom. The summed E-state index contributed by atoms with van der Waals surface area (Å²) in [6, 6.07) is 5.63. The second-order valence-corrected chi connectivity index (χ2v) is 6.38. The van der Waals surface area contributed by atoms with Gasteiger partial charge in [0.2, 0.25) is 0 Å². The van der Waals surface area contributed by atoms with E-state index in [-0.39, 0.29) is 0 Å². The number of aromatic nitrogens is 2. The Kier molecular flexibility index (Phi) is 4.60. The Balaban J connectivity index is 1.58. The maximum Gasteiger partial charge on any atom is 0.147 e. The molecule has 0 aromatic carbocycles. The molecule has 6 heteroatoms. The minimum absolute atomic E-state index is 0.486. The van der Waals surface area contributed by atoms with Gasteiger partial charge in [0.1, 0.15) is 11.6 Å². The van der Waals surface area contributed by atoms with Gasteiger partial charge in [-0.15, -0.1) is 0 Å². The average Bonchev–Trinajstić information content (AvgIpc) is 2.95. The van der Waals surface area contributed by atoms with Gasteiger partial charge in [-0.2, -0.15) is 0 Å². The van der Waals surface area contributed by atoms with Gasteiger partial charge in [-0.1, -0.05) is 11.6 Å². The molecule has 21 heavy (non-hydrogen) atoms. The Labute approximate surface area is 137 Å². The quantitative estimate of drug-likeness (QED) is 0.823. The fourth-order valence-corrected chi connectivity index (χ4v) is 3.20. The van der Waals surface area contributed by atoms with Gasteiger partial charge >= 0.3 is 0 Å². The molecule has 4 nitrogen and oxygen atoms in total. The number of anilines is 1. The van der Waals surface area contributed by atoms with Crippen molar-refractivity contribution in [1.82, 2.24) is 9.97 Å². The zero-order chi connectivity index (χ0) is 14.7. The first kappa shape index (κ1) is 14.6. The third-order valence-corrected chi connectivity index (χ3v) is 4.22. The highest BCUT2D eigenvalue weighted by Gasteiger charge is 2.25. The summed E-state index contributed by atoms with van der Waals surface area (Å²) in [5, 5.41) is 0.681. The van der Waals surface area contributed by atoms with E-state index in [0.29, 0.717) is 17.5 Å². The van der Waals surface area contributed by atoms with Crippen molar-refractivity contribution in [3.05, 3.63) is 46.3 Å². The fraction of sp³-hybridized carbons (Fsp3) is 0.333. The lowest BCUT2D eigenvalue weighted by Gasteiger charge is -2.19. The van der Waals surface area contributed by atoms with Crippen molar-refractivity contribution >= 4 is 33.3 Å². The molecule has 0 radical (unpaired) electrons. The smallest absolute Gasteiger partial charge is 0.147 e. The third kappa shape index (κ3) is 3.66. The Hall–Kier alpha value is -1.33. The molecule has 2 aromatic rings. The van der Waals surface area contributed by atoms with E-state index in [2.05, 4.69) is 30.8 Å². The van der Waals surface area contributed by atoms with Crippen LogP contribution in [0.4, 0.5) is 5.82 Å². The van der Waals surface area contributed by atoms with Crippen molar-refractivity contribution in [3.8, 4) is 5.75 Å². The summed E-state index contributed by atoms with van der Waals surface area (Å²) in [4.78, 5) is 10.6. The molecule has 1 unspecified atom stereocenters. The van der Waals surface area contributed by atoms with E-state index in [9.17, 15) is 0 Å². The standard InChI is InChI=1S/C15H15BrClN3O/c16-12-7-14(17)15(19-8-12)20-6-3-11(9-20)10-21-13-1-4-18-5-2-13/h1-2,4-5,7-8,11H,3,6,9-10H2. The lowest BCUT2D eigenvalue weighted by Crippen LogP contribution is -2.23. The highest BCUT2D eigenvalue weighted by Crippen LogP contribution is 2.30. The second-order valence-electron chi connectivity index (χ2n) is 5.05. The lowest BCUT2D eigenvalue weighted by atomic mass is 10.1. The van der Waals surface area contributed by atoms with Gasteiger partial charge in [0, 0.05) is 42.1 Å². The van der Waals surface area contributed by atoms with Crippen LogP contribution in [-0.2, 0) is 0 Å². The normalized spacial score (nSPS) is 18.0. The number of hydrogen-bond donors (Lipinski definition) is 0. The summed E-state index contributed by atoms with van der Waals surface area (Å²) >= 11 is 9.63. The third-order valence-electron chi connectivity index (χ3n) is 3.51. The molecule has 110 valence electrons. The molecule has 2 aromatic heterocycles. The van der Waals surface area contributed by atoms with E-state index in [1.54, 1.807) is 18.6 Å². The van der Waals surface area contributed by atoms with Gasteiger partial charge in [0.25, 0.3) is 0 Å². The summed E-state index contributed by atoms with van der Waals surface area (Å²) < 4.78 is 6.69. The van der Waals surface area contributed by atoms with Crippen LogP contribution in [-0.4, -0.2) is 29.7 Å². The molecule has 1 atom stereocenters.